The third kappa shape index (κ3) is 3.89. The van der Waals surface area contributed by atoms with Gasteiger partial charge in [0.05, 0.1) is 6.54 Å². The number of nitrogens with two attached hydrogens (primary N) is 1. The molecule has 1 saturated heterocycles. The van der Waals surface area contributed by atoms with Crippen LogP contribution >= 0.6 is 0 Å². The summed E-state index contributed by atoms with van der Waals surface area (Å²) >= 11 is 0. The van der Waals surface area contributed by atoms with E-state index in [2.05, 4.69) is 41.0 Å². The number of piperidine rings is 1. The van der Waals surface area contributed by atoms with E-state index < -0.39 is 0 Å². The molecule has 1 aliphatic rings. The second-order valence-corrected chi connectivity index (χ2v) is 4.54. The predicted molar refractivity (Wildman–Crippen MR) is 71.5 cm³/mol. The van der Waals surface area contributed by atoms with Gasteiger partial charge in [0.2, 0.25) is 0 Å². The standard InChI is InChI=1S/C15H20N2/c16-10-4-5-14-6-8-15(9-7-14)13-17-11-2-1-3-12-17/h6-9H,1-3,10-13,16H2. The fourth-order valence-corrected chi connectivity index (χ4v) is 2.22. The van der Waals surface area contributed by atoms with E-state index in [1.807, 2.05) is 0 Å². The van der Waals surface area contributed by atoms with Crippen LogP contribution in [0.15, 0.2) is 24.3 Å². The molecule has 2 nitrogen and oxygen atoms in total. The summed E-state index contributed by atoms with van der Waals surface area (Å²) in [6.45, 7) is 3.99. The Balaban J connectivity index is 1.93. The monoisotopic (exact) mass is 228 g/mol. The molecular weight excluding hydrogens is 208 g/mol. The lowest BCUT2D eigenvalue weighted by Gasteiger charge is -2.26. The van der Waals surface area contributed by atoms with Gasteiger partial charge in [-0.2, -0.15) is 0 Å². The minimum absolute atomic E-state index is 0.426. The SMILES string of the molecule is NCC#Cc1ccc(CN2CCCCC2)cc1. The molecule has 1 aliphatic heterocycles. The summed E-state index contributed by atoms with van der Waals surface area (Å²) in [5.74, 6) is 5.92. The predicted octanol–water partition coefficient (Wildman–Crippen LogP) is 1.98. The number of rotatable bonds is 2. The highest BCUT2D eigenvalue weighted by Gasteiger charge is 2.09. The molecule has 0 aliphatic carbocycles. The molecule has 0 bridgehead atoms. The molecule has 1 heterocycles. The summed E-state index contributed by atoms with van der Waals surface area (Å²) < 4.78 is 0. The average Bonchev–Trinajstić information content (AvgIpc) is 2.39. The highest BCUT2D eigenvalue weighted by atomic mass is 15.1. The molecular formula is C15H20N2. The number of nitrogens with zero attached hydrogens (tertiary/aromatic N) is 1. The van der Waals surface area contributed by atoms with Gasteiger partial charge in [-0.05, 0) is 43.6 Å². The van der Waals surface area contributed by atoms with E-state index in [9.17, 15) is 0 Å². The molecule has 2 heteroatoms. The molecule has 1 aromatic carbocycles. The van der Waals surface area contributed by atoms with Crippen molar-refractivity contribution in [3.63, 3.8) is 0 Å². The van der Waals surface area contributed by atoms with Crippen molar-refractivity contribution in [1.82, 2.24) is 4.90 Å². The zero-order chi connectivity index (χ0) is 11.9. The van der Waals surface area contributed by atoms with Crippen LogP contribution < -0.4 is 5.73 Å². The molecule has 2 N–H and O–H groups in total. The lowest BCUT2D eigenvalue weighted by molar-refractivity contribution is 0.221. The second kappa shape index (κ2) is 6.44. The summed E-state index contributed by atoms with van der Waals surface area (Å²) in [6.07, 6.45) is 4.09. The van der Waals surface area contributed by atoms with Crippen LogP contribution in [0.25, 0.3) is 0 Å². The molecule has 0 amide bonds. The largest absolute Gasteiger partial charge is 0.320 e. The smallest absolute Gasteiger partial charge is 0.0555 e. The summed E-state index contributed by atoms with van der Waals surface area (Å²) in [5.41, 5.74) is 7.78. The van der Waals surface area contributed by atoms with Crippen LogP contribution in [0.1, 0.15) is 30.4 Å². The zero-order valence-corrected chi connectivity index (χ0v) is 10.3. The van der Waals surface area contributed by atoms with Crippen LogP contribution in [0.3, 0.4) is 0 Å². The first-order valence-electron chi connectivity index (χ1n) is 6.39. The Morgan fingerprint density at radius 3 is 2.41 bits per heavy atom. The maximum atomic E-state index is 5.35. The number of benzene rings is 1. The van der Waals surface area contributed by atoms with E-state index in [0.717, 1.165) is 12.1 Å². The molecule has 17 heavy (non-hydrogen) atoms. The maximum Gasteiger partial charge on any atom is 0.0555 e. The molecule has 1 aromatic rings. The molecule has 2 rings (SSSR count). The van der Waals surface area contributed by atoms with Gasteiger partial charge in [0.15, 0.2) is 0 Å². The number of likely N-dealkylation sites (tertiary alicyclic amines) is 1. The van der Waals surface area contributed by atoms with E-state index in [-0.39, 0.29) is 0 Å². The van der Waals surface area contributed by atoms with Crippen molar-refractivity contribution >= 4 is 0 Å². The molecule has 0 saturated carbocycles. The van der Waals surface area contributed by atoms with Gasteiger partial charge >= 0.3 is 0 Å². The Bertz CT molecular complexity index is 391. The third-order valence-corrected chi connectivity index (χ3v) is 3.14. The summed E-state index contributed by atoms with van der Waals surface area (Å²) in [5, 5.41) is 0. The van der Waals surface area contributed by atoms with Crippen LogP contribution in [0.2, 0.25) is 0 Å². The van der Waals surface area contributed by atoms with Crippen molar-refractivity contribution in [1.29, 1.82) is 0 Å². The molecule has 0 radical (unpaired) electrons. The van der Waals surface area contributed by atoms with E-state index in [0.29, 0.717) is 6.54 Å². The van der Waals surface area contributed by atoms with Gasteiger partial charge in [-0.1, -0.05) is 30.4 Å². The van der Waals surface area contributed by atoms with Crippen molar-refractivity contribution in [3.8, 4) is 11.8 Å². The minimum atomic E-state index is 0.426. The number of hydrogen-bond acceptors (Lipinski definition) is 2. The Hall–Kier alpha value is -1.30. The molecule has 0 atom stereocenters. The van der Waals surface area contributed by atoms with Crippen molar-refractivity contribution in [2.45, 2.75) is 25.8 Å². The molecule has 0 unspecified atom stereocenters. The quantitative estimate of drug-likeness (QED) is 0.784. The van der Waals surface area contributed by atoms with Crippen molar-refractivity contribution in [2.75, 3.05) is 19.6 Å². The fourth-order valence-electron chi connectivity index (χ4n) is 2.22. The Labute approximate surface area is 104 Å². The second-order valence-electron chi connectivity index (χ2n) is 4.54. The molecule has 1 fully saturated rings. The van der Waals surface area contributed by atoms with Gasteiger partial charge in [-0.25, -0.2) is 0 Å². The minimum Gasteiger partial charge on any atom is -0.320 e. The van der Waals surface area contributed by atoms with Gasteiger partial charge < -0.3 is 5.73 Å². The zero-order valence-electron chi connectivity index (χ0n) is 10.3. The lowest BCUT2D eigenvalue weighted by atomic mass is 10.1. The van der Waals surface area contributed by atoms with E-state index >= 15 is 0 Å². The highest BCUT2D eigenvalue weighted by Crippen LogP contribution is 2.13. The van der Waals surface area contributed by atoms with Gasteiger partial charge in [-0.15, -0.1) is 0 Å². The van der Waals surface area contributed by atoms with Gasteiger partial charge in [0.1, 0.15) is 0 Å². The normalized spacial score (nSPS) is 16.3. The Morgan fingerprint density at radius 1 is 1.06 bits per heavy atom. The maximum absolute atomic E-state index is 5.35. The van der Waals surface area contributed by atoms with E-state index in [1.54, 1.807) is 0 Å². The number of hydrogen-bond donors (Lipinski definition) is 1. The van der Waals surface area contributed by atoms with Crippen LogP contribution in [0, 0.1) is 11.8 Å². The van der Waals surface area contributed by atoms with Crippen LogP contribution in [0.5, 0.6) is 0 Å². The summed E-state index contributed by atoms with van der Waals surface area (Å²) in [6, 6.07) is 8.52. The van der Waals surface area contributed by atoms with Gasteiger partial charge in [0, 0.05) is 12.1 Å². The lowest BCUT2D eigenvalue weighted by Crippen LogP contribution is -2.29. The summed E-state index contributed by atoms with van der Waals surface area (Å²) in [4.78, 5) is 2.53. The fraction of sp³-hybridized carbons (Fsp3) is 0.467. The van der Waals surface area contributed by atoms with E-state index in [1.165, 1.54) is 37.9 Å². The Kier molecular flexibility index (Phi) is 4.61. The Morgan fingerprint density at radius 2 is 1.76 bits per heavy atom. The highest BCUT2D eigenvalue weighted by molar-refractivity contribution is 5.36. The van der Waals surface area contributed by atoms with Crippen LogP contribution in [0.4, 0.5) is 0 Å². The van der Waals surface area contributed by atoms with Crippen LogP contribution in [-0.2, 0) is 6.54 Å². The van der Waals surface area contributed by atoms with Crippen molar-refractivity contribution < 1.29 is 0 Å². The average molecular weight is 228 g/mol. The first-order chi connectivity index (χ1) is 8.38. The third-order valence-electron chi connectivity index (χ3n) is 3.14. The van der Waals surface area contributed by atoms with Crippen molar-refractivity contribution in [3.05, 3.63) is 35.4 Å². The first-order valence-corrected chi connectivity index (χ1v) is 6.39. The van der Waals surface area contributed by atoms with Crippen molar-refractivity contribution in [2.24, 2.45) is 5.73 Å². The summed E-state index contributed by atoms with van der Waals surface area (Å²) in [7, 11) is 0. The van der Waals surface area contributed by atoms with Gasteiger partial charge in [0.25, 0.3) is 0 Å². The van der Waals surface area contributed by atoms with Gasteiger partial charge in [-0.3, -0.25) is 4.90 Å². The first kappa shape index (κ1) is 12.2. The van der Waals surface area contributed by atoms with Crippen LogP contribution in [-0.4, -0.2) is 24.5 Å². The molecule has 0 aromatic heterocycles. The molecule has 90 valence electrons. The van der Waals surface area contributed by atoms with E-state index in [4.69, 9.17) is 5.73 Å². The topological polar surface area (TPSA) is 29.3 Å². The molecule has 0 spiro atoms.